The smallest absolute Gasteiger partial charge is 0.264 e. The minimum atomic E-state index is -3.89. The summed E-state index contributed by atoms with van der Waals surface area (Å²) in [6.45, 7) is 3.45. The molecule has 0 aliphatic heterocycles. The number of sulfonamides is 1. The van der Waals surface area contributed by atoms with E-state index in [0.717, 1.165) is 15.4 Å². The molecular weight excluding hydrogens is 384 g/mol. The van der Waals surface area contributed by atoms with Gasteiger partial charge in [-0.2, -0.15) is 0 Å². The molecule has 0 bridgehead atoms. The van der Waals surface area contributed by atoms with Gasteiger partial charge in [0, 0.05) is 0 Å². The Hall–Kier alpha value is -3.12. The van der Waals surface area contributed by atoms with E-state index in [0.29, 0.717) is 5.69 Å². The van der Waals surface area contributed by atoms with Gasteiger partial charge in [0.25, 0.3) is 10.0 Å². The van der Waals surface area contributed by atoms with Crippen LogP contribution in [-0.4, -0.2) is 20.9 Å². The molecule has 0 fully saturated rings. The monoisotopic (exact) mass is 408 g/mol. The van der Waals surface area contributed by atoms with E-state index in [-0.39, 0.29) is 23.4 Å². The summed E-state index contributed by atoms with van der Waals surface area (Å²) in [7, 11) is -3.89. The number of para-hydroxylation sites is 1. The molecule has 0 spiro atoms. The summed E-state index contributed by atoms with van der Waals surface area (Å²) in [4.78, 5) is 12.9. The van der Waals surface area contributed by atoms with Gasteiger partial charge in [0.15, 0.2) is 0 Å². The Morgan fingerprint density at radius 3 is 2.03 bits per heavy atom. The molecule has 3 aromatic carbocycles. The Labute approximate surface area is 172 Å². The molecule has 150 valence electrons. The van der Waals surface area contributed by atoms with Crippen molar-refractivity contribution in [1.82, 2.24) is 5.32 Å². The Morgan fingerprint density at radius 2 is 1.45 bits per heavy atom. The van der Waals surface area contributed by atoms with Crippen molar-refractivity contribution in [3.63, 3.8) is 0 Å². The quantitative estimate of drug-likeness (QED) is 0.641. The predicted molar refractivity (Wildman–Crippen MR) is 115 cm³/mol. The molecule has 1 atom stereocenters. The number of amides is 1. The highest BCUT2D eigenvalue weighted by molar-refractivity contribution is 7.92. The number of nitrogens with zero attached hydrogens (tertiary/aromatic N) is 1. The summed E-state index contributed by atoms with van der Waals surface area (Å²) >= 11 is 0. The van der Waals surface area contributed by atoms with Crippen molar-refractivity contribution < 1.29 is 13.2 Å². The zero-order valence-electron chi connectivity index (χ0n) is 16.4. The van der Waals surface area contributed by atoms with Crippen LogP contribution in [0.5, 0.6) is 0 Å². The molecule has 5 nitrogen and oxygen atoms in total. The number of nitrogens with one attached hydrogen (secondary N) is 1. The summed E-state index contributed by atoms with van der Waals surface area (Å²) in [5, 5.41) is 2.88. The summed E-state index contributed by atoms with van der Waals surface area (Å²) in [5.41, 5.74) is 2.36. The van der Waals surface area contributed by atoms with E-state index in [4.69, 9.17) is 0 Å². The summed E-state index contributed by atoms with van der Waals surface area (Å²) < 4.78 is 27.7. The molecule has 0 saturated carbocycles. The number of aryl methyl sites for hydroxylation is 1. The van der Waals surface area contributed by atoms with Crippen LogP contribution in [0.25, 0.3) is 0 Å². The molecule has 0 unspecified atom stereocenters. The molecule has 0 radical (unpaired) electrons. The molecule has 6 heteroatoms. The predicted octanol–water partition coefficient (Wildman–Crippen LogP) is 4.07. The third-order valence-corrected chi connectivity index (χ3v) is 6.41. The van der Waals surface area contributed by atoms with Crippen molar-refractivity contribution in [2.24, 2.45) is 0 Å². The highest BCUT2D eigenvalue weighted by atomic mass is 32.2. The van der Waals surface area contributed by atoms with Crippen molar-refractivity contribution in [3.05, 3.63) is 96.1 Å². The first-order valence-electron chi connectivity index (χ1n) is 9.36. The van der Waals surface area contributed by atoms with Gasteiger partial charge in [-0.25, -0.2) is 8.42 Å². The third-order valence-electron chi connectivity index (χ3n) is 4.62. The Bertz CT molecular complexity index is 1050. The maximum atomic E-state index is 13.3. The van der Waals surface area contributed by atoms with Crippen molar-refractivity contribution in [1.29, 1.82) is 0 Å². The van der Waals surface area contributed by atoms with E-state index >= 15 is 0 Å². The molecule has 3 aromatic rings. The number of carbonyl (C=O) groups excluding carboxylic acids is 1. The van der Waals surface area contributed by atoms with E-state index in [1.165, 1.54) is 0 Å². The van der Waals surface area contributed by atoms with E-state index in [9.17, 15) is 13.2 Å². The summed E-state index contributed by atoms with van der Waals surface area (Å²) in [6, 6.07) is 24.6. The van der Waals surface area contributed by atoms with Gasteiger partial charge in [-0.05, 0) is 43.7 Å². The zero-order chi connectivity index (χ0) is 20.9. The van der Waals surface area contributed by atoms with Gasteiger partial charge in [-0.3, -0.25) is 9.10 Å². The van der Waals surface area contributed by atoms with Crippen molar-refractivity contribution in [2.75, 3.05) is 10.8 Å². The van der Waals surface area contributed by atoms with Crippen molar-refractivity contribution in [2.45, 2.75) is 24.8 Å². The van der Waals surface area contributed by atoms with Gasteiger partial charge in [-0.1, -0.05) is 66.2 Å². The number of anilines is 1. The lowest BCUT2D eigenvalue weighted by Crippen LogP contribution is -2.41. The maximum Gasteiger partial charge on any atom is 0.264 e. The maximum absolute atomic E-state index is 13.3. The molecule has 1 amide bonds. The van der Waals surface area contributed by atoms with Crippen LogP contribution in [0.4, 0.5) is 5.69 Å². The van der Waals surface area contributed by atoms with Gasteiger partial charge >= 0.3 is 0 Å². The van der Waals surface area contributed by atoms with Crippen molar-refractivity contribution in [3.8, 4) is 0 Å². The van der Waals surface area contributed by atoms with Crippen LogP contribution in [0.3, 0.4) is 0 Å². The lowest BCUT2D eigenvalue weighted by Gasteiger charge is -2.25. The van der Waals surface area contributed by atoms with Crippen LogP contribution in [0.15, 0.2) is 89.8 Å². The molecule has 0 aliphatic rings. The fourth-order valence-electron chi connectivity index (χ4n) is 2.99. The van der Waals surface area contributed by atoms with Gasteiger partial charge in [0.05, 0.1) is 16.6 Å². The van der Waals surface area contributed by atoms with Crippen LogP contribution in [0, 0.1) is 6.92 Å². The van der Waals surface area contributed by atoms with Gasteiger partial charge in [0.2, 0.25) is 5.91 Å². The second kappa shape index (κ2) is 8.92. The van der Waals surface area contributed by atoms with E-state index in [1.807, 2.05) is 44.2 Å². The normalized spacial score (nSPS) is 12.2. The minimum absolute atomic E-state index is 0.149. The Kier molecular flexibility index (Phi) is 6.34. The molecular formula is C23H24N2O3S. The molecule has 0 aromatic heterocycles. The van der Waals surface area contributed by atoms with Gasteiger partial charge in [0.1, 0.15) is 6.54 Å². The van der Waals surface area contributed by atoms with Crippen molar-refractivity contribution >= 4 is 21.6 Å². The molecule has 0 saturated heterocycles. The standard InChI is InChI=1S/C23H24N2O3S/c1-18-13-15-22(16-14-18)29(27,28)25(21-11-7-4-8-12-21)17-23(26)24-19(2)20-9-5-3-6-10-20/h3-16,19H,17H2,1-2H3,(H,24,26)/t19-/m1/s1. The number of carbonyl (C=O) groups is 1. The first-order chi connectivity index (χ1) is 13.9. The van der Waals surface area contributed by atoms with E-state index in [2.05, 4.69) is 5.32 Å². The summed E-state index contributed by atoms with van der Waals surface area (Å²) in [5.74, 6) is -0.374. The zero-order valence-corrected chi connectivity index (χ0v) is 17.3. The average Bonchev–Trinajstić information content (AvgIpc) is 2.73. The van der Waals surface area contributed by atoms with Gasteiger partial charge < -0.3 is 5.32 Å². The first kappa shape index (κ1) is 20.6. The Balaban J connectivity index is 1.86. The lowest BCUT2D eigenvalue weighted by atomic mass is 10.1. The summed E-state index contributed by atoms with van der Waals surface area (Å²) in [6.07, 6.45) is 0. The van der Waals surface area contributed by atoms with Crippen LogP contribution >= 0.6 is 0 Å². The largest absolute Gasteiger partial charge is 0.348 e. The third kappa shape index (κ3) is 5.03. The van der Waals surface area contributed by atoms with Crippen LogP contribution in [-0.2, 0) is 14.8 Å². The van der Waals surface area contributed by atoms with Crippen LogP contribution in [0.1, 0.15) is 24.1 Å². The molecule has 3 rings (SSSR count). The second-order valence-corrected chi connectivity index (χ2v) is 8.72. The lowest BCUT2D eigenvalue weighted by molar-refractivity contribution is -0.120. The number of rotatable bonds is 7. The molecule has 0 aliphatic carbocycles. The number of hydrogen-bond donors (Lipinski definition) is 1. The van der Waals surface area contributed by atoms with Gasteiger partial charge in [-0.15, -0.1) is 0 Å². The number of benzene rings is 3. The average molecular weight is 409 g/mol. The Morgan fingerprint density at radius 1 is 0.897 bits per heavy atom. The van der Waals surface area contributed by atoms with Crippen LogP contribution < -0.4 is 9.62 Å². The van der Waals surface area contributed by atoms with Crippen LogP contribution in [0.2, 0.25) is 0 Å². The minimum Gasteiger partial charge on any atom is -0.348 e. The fourth-order valence-corrected chi connectivity index (χ4v) is 4.41. The first-order valence-corrected chi connectivity index (χ1v) is 10.8. The highest BCUT2D eigenvalue weighted by Gasteiger charge is 2.27. The second-order valence-electron chi connectivity index (χ2n) is 6.86. The highest BCUT2D eigenvalue weighted by Crippen LogP contribution is 2.24. The number of hydrogen-bond acceptors (Lipinski definition) is 3. The fraction of sp³-hybridized carbons (Fsp3) is 0.174. The molecule has 1 N–H and O–H groups in total. The van der Waals surface area contributed by atoms with E-state index in [1.54, 1.807) is 54.6 Å². The SMILES string of the molecule is Cc1ccc(S(=O)(=O)N(CC(=O)N[C@H](C)c2ccccc2)c2ccccc2)cc1. The topological polar surface area (TPSA) is 66.5 Å². The molecule has 0 heterocycles. The molecule has 29 heavy (non-hydrogen) atoms. The van der Waals surface area contributed by atoms with E-state index < -0.39 is 10.0 Å².